The Bertz CT molecular complexity index is 452. The van der Waals surface area contributed by atoms with Crippen LogP contribution >= 0.6 is 15.9 Å². The third-order valence-electron chi connectivity index (χ3n) is 2.39. The van der Waals surface area contributed by atoms with Crippen molar-refractivity contribution in [2.75, 3.05) is 13.7 Å². The number of methoxy groups -OCH3 is 1. The molecule has 0 bridgehead atoms. The fourth-order valence-corrected chi connectivity index (χ4v) is 1.89. The fourth-order valence-electron chi connectivity index (χ4n) is 1.54. The molecule has 0 fully saturated rings. The average molecular weight is 283 g/mol. The molecule has 16 heavy (non-hydrogen) atoms. The van der Waals surface area contributed by atoms with E-state index in [1.165, 1.54) is 7.11 Å². The van der Waals surface area contributed by atoms with Gasteiger partial charge in [-0.3, -0.25) is 0 Å². The third-order valence-corrected chi connectivity index (χ3v) is 3.04. The lowest BCUT2D eigenvalue weighted by atomic mass is 10.1. The van der Waals surface area contributed by atoms with Crippen molar-refractivity contribution in [2.24, 2.45) is 0 Å². The first kappa shape index (κ1) is 11.2. The summed E-state index contributed by atoms with van der Waals surface area (Å²) >= 11 is 3.39. The lowest BCUT2D eigenvalue weighted by Crippen LogP contribution is -2.16. The molecular weight excluding hydrogens is 272 g/mol. The molecule has 3 nitrogen and oxygen atoms in total. The summed E-state index contributed by atoms with van der Waals surface area (Å²) in [5.74, 6) is 0.472. The van der Waals surface area contributed by atoms with Crippen LogP contribution in [-0.2, 0) is 14.9 Å². The maximum atomic E-state index is 11.3. The van der Waals surface area contributed by atoms with Gasteiger partial charge in [0.25, 0.3) is 0 Å². The van der Waals surface area contributed by atoms with Crippen LogP contribution in [-0.4, -0.2) is 19.7 Å². The highest BCUT2D eigenvalue weighted by atomic mass is 79.9. The van der Waals surface area contributed by atoms with E-state index in [4.69, 9.17) is 4.74 Å². The molecule has 0 saturated heterocycles. The summed E-state index contributed by atoms with van der Waals surface area (Å²) in [6.07, 6.45) is 1.81. The minimum atomic E-state index is -0.338. The smallest absolute Gasteiger partial charge is 0.337 e. The molecule has 0 aromatic heterocycles. The Balaban J connectivity index is 2.34. The summed E-state index contributed by atoms with van der Waals surface area (Å²) in [6.45, 7) is 0.269. The van der Waals surface area contributed by atoms with Crippen molar-refractivity contribution in [1.82, 2.24) is 0 Å². The topological polar surface area (TPSA) is 35.5 Å². The van der Waals surface area contributed by atoms with Crippen LogP contribution in [0.1, 0.15) is 11.1 Å². The van der Waals surface area contributed by atoms with Crippen molar-refractivity contribution in [1.29, 1.82) is 0 Å². The Morgan fingerprint density at radius 1 is 1.56 bits per heavy atom. The molecule has 1 aromatic rings. The van der Waals surface area contributed by atoms with Crippen LogP contribution in [0.15, 0.2) is 23.8 Å². The van der Waals surface area contributed by atoms with Gasteiger partial charge in [0.05, 0.1) is 12.7 Å². The zero-order valence-corrected chi connectivity index (χ0v) is 10.4. The number of benzene rings is 1. The van der Waals surface area contributed by atoms with E-state index in [1.807, 2.05) is 24.3 Å². The second kappa shape index (κ2) is 4.70. The van der Waals surface area contributed by atoms with E-state index in [2.05, 4.69) is 20.7 Å². The largest absolute Gasteiger partial charge is 0.488 e. The standard InChI is InChI=1S/C12H11BrO3/c1-15-12(14)10-5-9-3-2-8(6-13)4-11(9)16-7-10/h2-5H,6-7H2,1H3. The molecule has 4 heteroatoms. The van der Waals surface area contributed by atoms with Gasteiger partial charge in [0, 0.05) is 10.9 Å². The van der Waals surface area contributed by atoms with Gasteiger partial charge >= 0.3 is 5.97 Å². The Kier molecular flexibility index (Phi) is 3.29. The zero-order chi connectivity index (χ0) is 11.5. The fraction of sp³-hybridized carbons (Fsp3) is 0.250. The SMILES string of the molecule is COC(=O)C1=Cc2ccc(CBr)cc2OC1. The van der Waals surface area contributed by atoms with Crippen molar-refractivity contribution in [3.05, 3.63) is 34.9 Å². The molecule has 1 aliphatic rings. The molecule has 1 aromatic carbocycles. The molecule has 0 atom stereocenters. The second-order valence-electron chi connectivity index (χ2n) is 3.46. The number of carbonyl (C=O) groups is 1. The van der Waals surface area contributed by atoms with E-state index in [0.29, 0.717) is 5.57 Å². The molecule has 0 spiro atoms. The first-order valence-corrected chi connectivity index (χ1v) is 5.97. The molecule has 0 radical (unpaired) electrons. The number of fused-ring (bicyclic) bond motifs is 1. The van der Waals surface area contributed by atoms with Crippen LogP contribution < -0.4 is 4.74 Å². The van der Waals surface area contributed by atoms with Gasteiger partial charge in [-0.25, -0.2) is 4.79 Å². The molecule has 0 unspecified atom stereocenters. The molecule has 1 heterocycles. The molecular formula is C12H11BrO3. The summed E-state index contributed by atoms with van der Waals surface area (Å²) in [4.78, 5) is 11.3. The summed E-state index contributed by atoms with van der Waals surface area (Å²) in [5.41, 5.74) is 2.60. The van der Waals surface area contributed by atoms with Gasteiger partial charge in [-0.1, -0.05) is 28.1 Å². The van der Waals surface area contributed by atoms with Gasteiger partial charge in [0.15, 0.2) is 0 Å². The number of hydrogen-bond donors (Lipinski definition) is 0. The maximum Gasteiger partial charge on any atom is 0.337 e. The number of ether oxygens (including phenoxy) is 2. The van der Waals surface area contributed by atoms with Gasteiger partial charge in [-0.05, 0) is 17.7 Å². The van der Waals surface area contributed by atoms with Crippen LogP contribution in [0.3, 0.4) is 0 Å². The predicted octanol–water partition coefficient (Wildman–Crippen LogP) is 2.53. The maximum absolute atomic E-state index is 11.3. The van der Waals surface area contributed by atoms with E-state index in [1.54, 1.807) is 0 Å². The summed E-state index contributed by atoms with van der Waals surface area (Å²) in [5, 5.41) is 0.789. The Morgan fingerprint density at radius 2 is 2.38 bits per heavy atom. The van der Waals surface area contributed by atoms with Crippen molar-refractivity contribution >= 4 is 28.0 Å². The number of hydrogen-bond acceptors (Lipinski definition) is 3. The van der Waals surface area contributed by atoms with Crippen molar-refractivity contribution < 1.29 is 14.3 Å². The monoisotopic (exact) mass is 282 g/mol. The normalized spacial score (nSPS) is 13.5. The van der Waals surface area contributed by atoms with Crippen LogP contribution in [0.4, 0.5) is 0 Å². The molecule has 0 amide bonds. The van der Waals surface area contributed by atoms with Gasteiger partial charge in [-0.2, -0.15) is 0 Å². The van der Waals surface area contributed by atoms with Crippen molar-refractivity contribution in [3.63, 3.8) is 0 Å². The minimum Gasteiger partial charge on any atom is -0.488 e. The Hall–Kier alpha value is -1.29. The molecule has 1 aliphatic heterocycles. The highest BCUT2D eigenvalue weighted by Crippen LogP contribution is 2.28. The highest BCUT2D eigenvalue weighted by molar-refractivity contribution is 9.08. The van der Waals surface area contributed by atoms with Crippen molar-refractivity contribution in [3.8, 4) is 5.75 Å². The van der Waals surface area contributed by atoms with E-state index >= 15 is 0 Å². The molecule has 2 rings (SSSR count). The van der Waals surface area contributed by atoms with E-state index < -0.39 is 0 Å². The average Bonchev–Trinajstić information content (AvgIpc) is 2.36. The lowest BCUT2D eigenvalue weighted by Gasteiger charge is -2.17. The molecule has 0 saturated carbocycles. The summed E-state index contributed by atoms with van der Waals surface area (Å²) < 4.78 is 10.2. The summed E-state index contributed by atoms with van der Waals surface area (Å²) in [6, 6.07) is 5.90. The zero-order valence-electron chi connectivity index (χ0n) is 8.83. The molecule has 0 N–H and O–H groups in total. The second-order valence-corrected chi connectivity index (χ2v) is 4.02. The third kappa shape index (κ3) is 2.11. The number of halogens is 1. The van der Waals surface area contributed by atoms with Gasteiger partial charge < -0.3 is 9.47 Å². The number of esters is 1. The number of rotatable bonds is 2. The van der Waals surface area contributed by atoms with Crippen LogP contribution in [0.2, 0.25) is 0 Å². The quantitative estimate of drug-likeness (QED) is 0.618. The predicted molar refractivity (Wildman–Crippen MR) is 64.6 cm³/mol. The minimum absolute atomic E-state index is 0.269. The summed E-state index contributed by atoms with van der Waals surface area (Å²) in [7, 11) is 1.37. The van der Waals surface area contributed by atoms with Crippen LogP contribution in [0, 0.1) is 0 Å². The Labute approximate surface area is 102 Å². The first-order valence-electron chi connectivity index (χ1n) is 4.85. The van der Waals surface area contributed by atoms with Crippen LogP contribution in [0.25, 0.3) is 6.08 Å². The van der Waals surface area contributed by atoms with E-state index in [9.17, 15) is 4.79 Å². The van der Waals surface area contributed by atoms with E-state index in [0.717, 1.165) is 22.2 Å². The lowest BCUT2D eigenvalue weighted by molar-refractivity contribution is -0.136. The van der Waals surface area contributed by atoms with Crippen molar-refractivity contribution in [2.45, 2.75) is 5.33 Å². The molecule has 84 valence electrons. The highest BCUT2D eigenvalue weighted by Gasteiger charge is 2.17. The van der Waals surface area contributed by atoms with E-state index in [-0.39, 0.29) is 12.6 Å². The van der Waals surface area contributed by atoms with Gasteiger partial charge in [0.2, 0.25) is 0 Å². The molecule has 0 aliphatic carbocycles. The first-order chi connectivity index (χ1) is 7.74. The van der Waals surface area contributed by atoms with Crippen LogP contribution in [0.5, 0.6) is 5.75 Å². The van der Waals surface area contributed by atoms with Gasteiger partial charge in [0.1, 0.15) is 12.4 Å². The number of carbonyl (C=O) groups excluding carboxylic acids is 1. The number of alkyl halides is 1. The van der Waals surface area contributed by atoms with Gasteiger partial charge in [-0.15, -0.1) is 0 Å². The Morgan fingerprint density at radius 3 is 3.06 bits per heavy atom.